The van der Waals surface area contributed by atoms with Crippen LogP contribution in [0.15, 0.2) is 113 Å². The van der Waals surface area contributed by atoms with Gasteiger partial charge < -0.3 is 15.4 Å². The summed E-state index contributed by atoms with van der Waals surface area (Å²) in [6.45, 7) is 0.740. The monoisotopic (exact) mass is 617 g/mol. The number of rotatable bonds is 11. The molecule has 0 saturated carbocycles. The van der Waals surface area contributed by atoms with Crippen LogP contribution in [0, 0.1) is 0 Å². The van der Waals surface area contributed by atoms with E-state index >= 15 is 0 Å². The van der Waals surface area contributed by atoms with Gasteiger partial charge in [0, 0.05) is 35.2 Å². The maximum absolute atomic E-state index is 13.3. The molecule has 1 aromatic heterocycles. The van der Waals surface area contributed by atoms with Gasteiger partial charge in [0.15, 0.2) is 5.88 Å². The lowest BCUT2D eigenvalue weighted by molar-refractivity contribution is 0.457. The number of sulfonamides is 2. The topological polar surface area (TPSA) is 144 Å². The first-order chi connectivity index (χ1) is 20.6. The number of anilines is 2. The third kappa shape index (κ3) is 6.72. The first-order valence-electron chi connectivity index (χ1n) is 13.4. The maximum atomic E-state index is 13.3. The zero-order chi connectivity index (χ0) is 30.6. The molecule has 0 aliphatic carbocycles. The molecule has 4 aromatic carbocycles. The van der Waals surface area contributed by atoms with E-state index in [-0.39, 0.29) is 17.3 Å². The minimum atomic E-state index is -3.94. The van der Waals surface area contributed by atoms with Crippen molar-refractivity contribution in [2.24, 2.45) is 4.99 Å². The molecule has 0 spiro atoms. The predicted octanol–water partition coefficient (Wildman–Crippen LogP) is 4.83. The van der Waals surface area contributed by atoms with Crippen LogP contribution in [-0.2, 0) is 20.0 Å². The molecule has 0 aliphatic rings. The van der Waals surface area contributed by atoms with E-state index in [9.17, 15) is 21.9 Å². The van der Waals surface area contributed by atoms with Gasteiger partial charge in [-0.25, -0.2) is 21.8 Å². The number of likely N-dealkylation sites (N-methyl/N-ethyl adjacent to an activating group) is 1. The van der Waals surface area contributed by atoms with Crippen LogP contribution in [0.2, 0.25) is 0 Å². The fraction of sp³-hybridized carbons (Fsp3) is 0.129. The van der Waals surface area contributed by atoms with Crippen LogP contribution < -0.4 is 14.3 Å². The second-order valence-electron chi connectivity index (χ2n) is 9.81. The van der Waals surface area contributed by atoms with Gasteiger partial charge in [0.25, 0.3) is 10.0 Å². The molecule has 1 heterocycles. The lowest BCUT2D eigenvalue weighted by Crippen LogP contribution is -2.35. The molecule has 5 aromatic rings. The number of aromatic amines is 1. The smallest absolute Gasteiger partial charge is 0.261 e. The highest BCUT2D eigenvalue weighted by atomic mass is 32.2. The Morgan fingerprint density at radius 2 is 1.53 bits per heavy atom. The van der Waals surface area contributed by atoms with E-state index in [2.05, 4.69) is 15.0 Å². The summed E-state index contributed by atoms with van der Waals surface area (Å²) in [5, 5.41) is 14.5. The van der Waals surface area contributed by atoms with Crippen LogP contribution in [0.3, 0.4) is 0 Å². The summed E-state index contributed by atoms with van der Waals surface area (Å²) in [6, 6.07) is 29.1. The van der Waals surface area contributed by atoms with Crippen LogP contribution in [-0.4, -0.2) is 59.0 Å². The summed E-state index contributed by atoms with van der Waals surface area (Å²) in [5.41, 5.74) is 3.37. The molecule has 0 amide bonds. The highest BCUT2D eigenvalue weighted by molar-refractivity contribution is 7.92. The highest BCUT2D eigenvalue weighted by Gasteiger charge is 2.22. The minimum absolute atomic E-state index is 0.0169. The Hall–Kier alpha value is -4.65. The van der Waals surface area contributed by atoms with Crippen molar-refractivity contribution in [3.05, 3.63) is 114 Å². The number of aliphatic imine (C=N–C) groups is 1. The van der Waals surface area contributed by atoms with Crippen molar-refractivity contribution < 1.29 is 21.9 Å². The molecule has 0 saturated heterocycles. The van der Waals surface area contributed by atoms with Crippen LogP contribution in [0.25, 0.3) is 10.9 Å². The third-order valence-electron chi connectivity index (χ3n) is 6.71. The van der Waals surface area contributed by atoms with E-state index < -0.39 is 20.0 Å². The number of nitrogens with zero attached hydrogens (tertiary/aromatic N) is 2. The number of para-hydroxylation sites is 1. The number of aromatic hydroxyl groups is 1. The van der Waals surface area contributed by atoms with E-state index in [4.69, 9.17) is 4.99 Å². The van der Waals surface area contributed by atoms with E-state index in [1.54, 1.807) is 67.7 Å². The van der Waals surface area contributed by atoms with Gasteiger partial charge in [-0.15, -0.1) is 0 Å². The molecule has 0 aliphatic heterocycles. The second-order valence-corrected chi connectivity index (χ2v) is 13.4. The van der Waals surface area contributed by atoms with Gasteiger partial charge in [0.2, 0.25) is 10.0 Å². The Labute approximate surface area is 250 Å². The molecule has 0 atom stereocenters. The molecule has 0 radical (unpaired) electrons. The third-order valence-corrected chi connectivity index (χ3v) is 9.29. The van der Waals surface area contributed by atoms with Crippen molar-refractivity contribution >= 4 is 53.7 Å². The number of fused-ring (bicyclic) bond motifs is 1. The number of H-pyrrole nitrogens is 1. The van der Waals surface area contributed by atoms with Crippen molar-refractivity contribution in [2.75, 3.05) is 35.4 Å². The lowest BCUT2D eigenvalue weighted by atomic mass is 10.0. The van der Waals surface area contributed by atoms with Crippen molar-refractivity contribution in [2.45, 2.75) is 4.90 Å². The second kappa shape index (κ2) is 12.3. The summed E-state index contributed by atoms with van der Waals surface area (Å²) in [5.74, 6) is -0.171. The normalized spacial score (nSPS) is 12.4. The lowest BCUT2D eigenvalue weighted by Gasteiger charge is -2.22. The van der Waals surface area contributed by atoms with E-state index in [0.29, 0.717) is 51.3 Å². The Kier molecular flexibility index (Phi) is 8.53. The van der Waals surface area contributed by atoms with E-state index in [0.717, 1.165) is 6.26 Å². The number of hydrogen-bond donors (Lipinski definition) is 4. The maximum Gasteiger partial charge on any atom is 0.261 e. The quantitative estimate of drug-likeness (QED) is 0.156. The number of benzene rings is 4. The van der Waals surface area contributed by atoms with Gasteiger partial charge in [-0.1, -0.05) is 48.5 Å². The molecule has 0 fully saturated rings. The summed E-state index contributed by atoms with van der Waals surface area (Å²) in [4.78, 5) is 7.81. The molecule has 5 rings (SSSR count). The molecule has 43 heavy (non-hydrogen) atoms. The van der Waals surface area contributed by atoms with Gasteiger partial charge in [-0.3, -0.25) is 9.03 Å². The van der Waals surface area contributed by atoms with E-state index in [1.807, 2.05) is 30.3 Å². The summed E-state index contributed by atoms with van der Waals surface area (Å²) < 4.78 is 55.2. The average molecular weight is 618 g/mol. The van der Waals surface area contributed by atoms with Crippen molar-refractivity contribution in [3.8, 4) is 5.88 Å². The Morgan fingerprint density at radius 3 is 2.16 bits per heavy atom. The SMILES string of the molecule is CNCCN(c1ccc(N=C(c2ccccc2)c2c(O)[nH]c3ccc(S(=O)(=O)Nc4ccccc4)cc23)cc1)S(C)(=O)=O. The molecule has 222 valence electrons. The first-order valence-corrected chi connectivity index (χ1v) is 16.7. The molecule has 4 N–H and O–H groups in total. The van der Waals surface area contributed by atoms with Gasteiger partial charge in [0.05, 0.1) is 33.8 Å². The summed E-state index contributed by atoms with van der Waals surface area (Å²) in [7, 11) is -5.69. The molecule has 12 heteroatoms. The van der Waals surface area contributed by atoms with Crippen LogP contribution in [0.1, 0.15) is 11.1 Å². The van der Waals surface area contributed by atoms with Crippen molar-refractivity contribution in [1.29, 1.82) is 0 Å². The fourth-order valence-corrected chi connectivity index (χ4v) is 6.68. The molecular weight excluding hydrogens is 587 g/mol. The average Bonchev–Trinajstić information content (AvgIpc) is 3.31. The van der Waals surface area contributed by atoms with Gasteiger partial charge in [0.1, 0.15) is 0 Å². The minimum Gasteiger partial charge on any atom is -0.494 e. The van der Waals surface area contributed by atoms with E-state index in [1.165, 1.54) is 16.4 Å². The predicted molar refractivity (Wildman–Crippen MR) is 172 cm³/mol. The van der Waals surface area contributed by atoms with Crippen molar-refractivity contribution in [1.82, 2.24) is 10.3 Å². The zero-order valence-corrected chi connectivity index (χ0v) is 25.2. The van der Waals surface area contributed by atoms with Gasteiger partial charge >= 0.3 is 0 Å². The standard InChI is InChI=1S/C31H31N5O5S2/c1-32-19-20-36(42(2,38)39)25-15-13-23(14-16-25)33-30(22-9-5-3-6-10-22)29-27-21-26(17-18-28(27)34-31(29)37)43(40,41)35-24-11-7-4-8-12-24/h3-18,21,32,34-35,37H,19-20H2,1-2H3. The molecule has 0 unspecified atom stereocenters. The zero-order valence-electron chi connectivity index (χ0n) is 23.5. The number of hydrogen-bond acceptors (Lipinski definition) is 7. The highest BCUT2D eigenvalue weighted by Crippen LogP contribution is 2.34. The Balaban J connectivity index is 1.60. The molecule has 0 bridgehead atoms. The Bertz CT molecular complexity index is 1980. The van der Waals surface area contributed by atoms with Crippen molar-refractivity contribution in [3.63, 3.8) is 0 Å². The van der Waals surface area contributed by atoms with Gasteiger partial charge in [-0.05, 0) is 61.6 Å². The van der Waals surface area contributed by atoms with Crippen LogP contribution in [0.4, 0.5) is 17.1 Å². The van der Waals surface area contributed by atoms with Crippen LogP contribution >= 0.6 is 0 Å². The largest absolute Gasteiger partial charge is 0.494 e. The molecule has 10 nitrogen and oxygen atoms in total. The summed E-state index contributed by atoms with van der Waals surface area (Å²) >= 11 is 0. The Morgan fingerprint density at radius 1 is 0.884 bits per heavy atom. The molecular formula is C31H31N5O5S2. The summed E-state index contributed by atoms with van der Waals surface area (Å²) in [6.07, 6.45) is 1.16. The number of nitrogens with one attached hydrogen (secondary N) is 3. The number of aromatic nitrogens is 1. The van der Waals surface area contributed by atoms with Crippen LogP contribution in [0.5, 0.6) is 5.88 Å². The first kappa shape index (κ1) is 29.8. The fourth-order valence-electron chi connectivity index (χ4n) is 4.67. The van der Waals surface area contributed by atoms with Gasteiger partial charge in [-0.2, -0.15) is 0 Å².